The molecule has 1 aromatic carbocycles. The van der Waals surface area contributed by atoms with Crippen molar-refractivity contribution in [1.82, 2.24) is 15.5 Å². The highest BCUT2D eigenvalue weighted by Gasteiger charge is 2.38. The average Bonchev–Trinajstić information content (AvgIpc) is 3.33. The molecule has 12 heteroatoms. The second kappa shape index (κ2) is 14.2. The molecule has 1 fully saturated rings. The smallest absolute Gasteiger partial charge is 0.326 e. The number of nitrogens with one attached hydrogen (secondary N) is 2. The number of hydrogen-bond donors (Lipinski definition) is 6. The predicted molar refractivity (Wildman–Crippen MR) is 139 cm³/mol. The molecule has 0 aliphatic carbocycles. The monoisotopic (exact) mass is 517 g/mol. The maximum atomic E-state index is 13.2. The van der Waals surface area contributed by atoms with Gasteiger partial charge in [-0.3, -0.25) is 19.4 Å². The van der Waals surface area contributed by atoms with E-state index in [1.165, 1.54) is 4.90 Å². The molecular formula is C25H39N7O5. The van der Waals surface area contributed by atoms with E-state index >= 15 is 0 Å². The fourth-order valence-corrected chi connectivity index (χ4v) is 4.28. The number of guanidine groups is 1. The minimum atomic E-state index is -1.20. The lowest BCUT2D eigenvalue weighted by Crippen LogP contribution is -2.58. The van der Waals surface area contributed by atoms with Crippen molar-refractivity contribution < 1.29 is 24.3 Å². The molecule has 1 aliphatic rings. The van der Waals surface area contributed by atoms with Crippen molar-refractivity contribution in [2.24, 2.45) is 28.1 Å². The normalized spacial score (nSPS) is 17.5. The number of rotatable bonds is 13. The molecule has 1 heterocycles. The van der Waals surface area contributed by atoms with Crippen molar-refractivity contribution in [3.05, 3.63) is 35.9 Å². The molecule has 0 spiro atoms. The molecule has 0 aromatic heterocycles. The second-order valence-electron chi connectivity index (χ2n) is 9.56. The van der Waals surface area contributed by atoms with Crippen LogP contribution in [0.25, 0.3) is 0 Å². The molecule has 0 saturated carbocycles. The largest absolute Gasteiger partial charge is 0.480 e. The van der Waals surface area contributed by atoms with E-state index in [2.05, 4.69) is 15.6 Å². The zero-order valence-electron chi connectivity index (χ0n) is 21.4. The van der Waals surface area contributed by atoms with Crippen LogP contribution in [0.15, 0.2) is 35.3 Å². The van der Waals surface area contributed by atoms with E-state index in [-0.39, 0.29) is 30.8 Å². The van der Waals surface area contributed by atoms with Gasteiger partial charge in [0, 0.05) is 13.1 Å². The summed E-state index contributed by atoms with van der Waals surface area (Å²) in [6, 6.07) is 5.70. The Morgan fingerprint density at radius 1 is 1.14 bits per heavy atom. The van der Waals surface area contributed by atoms with E-state index < -0.39 is 42.0 Å². The molecule has 9 N–H and O–H groups in total. The van der Waals surface area contributed by atoms with Gasteiger partial charge in [-0.15, -0.1) is 0 Å². The quantitative estimate of drug-likeness (QED) is 0.112. The summed E-state index contributed by atoms with van der Waals surface area (Å²) >= 11 is 0. The zero-order chi connectivity index (χ0) is 27.5. The first-order valence-corrected chi connectivity index (χ1v) is 12.5. The number of carbonyl (C=O) groups excluding carboxylic acids is 3. The Labute approximate surface area is 217 Å². The summed E-state index contributed by atoms with van der Waals surface area (Å²) in [5.74, 6) is -3.03. The summed E-state index contributed by atoms with van der Waals surface area (Å²) in [7, 11) is 0. The van der Waals surface area contributed by atoms with Gasteiger partial charge in [0.15, 0.2) is 5.96 Å². The minimum absolute atomic E-state index is 0.0982. The van der Waals surface area contributed by atoms with Crippen molar-refractivity contribution in [3.63, 3.8) is 0 Å². The third-order valence-electron chi connectivity index (χ3n) is 6.26. The fraction of sp³-hybridized carbons (Fsp3) is 0.560. The first kappa shape index (κ1) is 29.6. The molecule has 2 rings (SSSR count). The van der Waals surface area contributed by atoms with Crippen LogP contribution in [0, 0.1) is 5.92 Å². The molecule has 204 valence electrons. The Morgan fingerprint density at radius 3 is 2.41 bits per heavy atom. The van der Waals surface area contributed by atoms with Gasteiger partial charge in [0.05, 0.1) is 6.04 Å². The van der Waals surface area contributed by atoms with E-state index in [4.69, 9.17) is 17.2 Å². The van der Waals surface area contributed by atoms with Gasteiger partial charge in [0.2, 0.25) is 17.7 Å². The van der Waals surface area contributed by atoms with Crippen molar-refractivity contribution in [2.45, 2.75) is 70.1 Å². The molecular weight excluding hydrogens is 478 g/mol. The molecule has 4 atom stereocenters. The number of carbonyl (C=O) groups is 4. The Morgan fingerprint density at radius 2 is 1.81 bits per heavy atom. The van der Waals surface area contributed by atoms with Crippen LogP contribution < -0.4 is 27.8 Å². The van der Waals surface area contributed by atoms with Crippen LogP contribution in [0.3, 0.4) is 0 Å². The molecule has 1 aliphatic heterocycles. The van der Waals surface area contributed by atoms with E-state index in [0.29, 0.717) is 32.2 Å². The lowest BCUT2D eigenvalue weighted by Gasteiger charge is -2.29. The summed E-state index contributed by atoms with van der Waals surface area (Å²) in [4.78, 5) is 56.1. The van der Waals surface area contributed by atoms with Gasteiger partial charge in [0.25, 0.3) is 0 Å². The number of aliphatic imine (C=N–C) groups is 1. The van der Waals surface area contributed by atoms with Crippen LogP contribution in [0.2, 0.25) is 0 Å². The lowest BCUT2D eigenvalue weighted by atomic mass is 10.0. The van der Waals surface area contributed by atoms with Crippen LogP contribution >= 0.6 is 0 Å². The van der Waals surface area contributed by atoms with E-state index in [9.17, 15) is 24.3 Å². The number of carboxylic acid groups (broad SMARTS) is 1. The highest BCUT2D eigenvalue weighted by Crippen LogP contribution is 2.20. The van der Waals surface area contributed by atoms with Gasteiger partial charge in [-0.2, -0.15) is 0 Å². The standard InChI is InChI=1S/C25H39N7O5/c1-15(2)20(22(34)30-18(24(36)37)10-6-12-29-25(27)28)31-21(33)19-11-7-13-32(19)23(35)17(26)14-16-8-4-3-5-9-16/h3-5,8-9,15,17-20H,6-7,10-14,26H2,1-2H3,(H,30,34)(H,31,33)(H,36,37)(H4,27,28,29). The van der Waals surface area contributed by atoms with Crippen LogP contribution in [0.4, 0.5) is 0 Å². The highest BCUT2D eigenvalue weighted by atomic mass is 16.4. The molecule has 0 radical (unpaired) electrons. The molecule has 4 unspecified atom stereocenters. The van der Waals surface area contributed by atoms with Crippen LogP contribution in [-0.2, 0) is 25.6 Å². The first-order valence-electron chi connectivity index (χ1n) is 12.5. The minimum Gasteiger partial charge on any atom is -0.480 e. The number of nitrogens with zero attached hydrogens (tertiary/aromatic N) is 2. The van der Waals surface area contributed by atoms with Gasteiger partial charge >= 0.3 is 5.97 Å². The zero-order valence-corrected chi connectivity index (χ0v) is 21.4. The van der Waals surface area contributed by atoms with Gasteiger partial charge in [-0.05, 0) is 43.6 Å². The number of aliphatic carboxylic acids is 1. The maximum absolute atomic E-state index is 13.2. The summed E-state index contributed by atoms with van der Waals surface area (Å²) in [5.41, 5.74) is 17.6. The van der Waals surface area contributed by atoms with Crippen molar-refractivity contribution in [3.8, 4) is 0 Å². The van der Waals surface area contributed by atoms with Crippen LogP contribution in [0.5, 0.6) is 0 Å². The number of carboxylic acids is 1. The average molecular weight is 518 g/mol. The highest BCUT2D eigenvalue weighted by molar-refractivity contribution is 5.94. The number of amides is 3. The SMILES string of the molecule is CC(C)C(NC(=O)C1CCCN1C(=O)C(N)Cc1ccccc1)C(=O)NC(CCCN=C(N)N)C(=O)O. The van der Waals surface area contributed by atoms with Gasteiger partial charge in [-0.1, -0.05) is 44.2 Å². The lowest BCUT2D eigenvalue weighted by molar-refractivity contribution is -0.143. The summed E-state index contributed by atoms with van der Waals surface area (Å²) in [6.07, 6.45) is 1.89. The van der Waals surface area contributed by atoms with Gasteiger partial charge in [0.1, 0.15) is 18.1 Å². The van der Waals surface area contributed by atoms with Crippen LogP contribution in [-0.4, -0.2) is 76.9 Å². The number of nitrogens with two attached hydrogens (primary N) is 3. The Balaban J connectivity index is 2.01. The summed E-state index contributed by atoms with van der Waals surface area (Å²) in [5, 5.41) is 14.7. The molecule has 1 saturated heterocycles. The Kier molecular flexibility index (Phi) is 11.3. The fourth-order valence-electron chi connectivity index (χ4n) is 4.28. The maximum Gasteiger partial charge on any atom is 0.326 e. The van der Waals surface area contributed by atoms with Crippen molar-refractivity contribution >= 4 is 29.7 Å². The van der Waals surface area contributed by atoms with Crippen LogP contribution in [0.1, 0.15) is 45.1 Å². The van der Waals surface area contributed by atoms with E-state index in [1.54, 1.807) is 13.8 Å². The molecule has 37 heavy (non-hydrogen) atoms. The first-order chi connectivity index (χ1) is 17.5. The van der Waals surface area contributed by atoms with Gasteiger partial charge < -0.3 is 37.8 Å². The molecule has 0 bridgehead atoms. The Hall–Kier alpha value is -3.67. The summed E-state index contributed by atoms with van der Waals surface area (Å²) in [6.45, 7) is 4.11. The van der Waals surface area contributed by atoms with Gasteiger partial charge in [-0.25, -0.2) is 4.79 Å². The molecule has 12 nitrogen and oxygen atoms in total. The molecule has 3 amide bonds. The topological polar surface area (TPSA) is 206 Å². The number of benzene rings is 1. The predicted octanol–water partition coefficient (Wildman–Crippen LogP) is -0.689. The van der Waals surface area contributed by atoms with Crippen molar-refractivity contribution in [1.29, 1.82) is 0 Å². The summed E-state index contributed by atoms with van der Waals surface area (Å²) < 4.78 is 0. The Bertz CT molecular complexity index is 965. The third-order valence-corrected chi connectivity index (χ3v) is 6.26. The number of hydrogen-bond acceptors (Lipinski definition) is 6. The second-order valence-corrected chi connectivity index (χ2v) is 9.56. The van der Waals surface area contributed by atoms with Crippen molar-refractivity contribution in [2.75, 3.05) is 13.1 Å². The van der Waals surface area contributed by atoms with E-state index in [0.717, 1.165) is 5.56 Å². The third kappa shape index (κ3) is 9.05. The number of likely N-dealkylation sites (tertiary alicyclic amines) is 1. The van der Waals surface area contributed by atoms with E-state index in [1.807, 2.05) is 30.3 Å². The molecule has 1 aromatic rings.